The van der Waals surface area contributed by atoms with Crippen LogP contribution in [0.3, 0.4) is 0 Å². The van der Waals surface area contributed by atoms with Crippen molar-refractivity contribution >= 4 is 11.9 Å². The van der Waals surface area contributed by atoms with Crippen LogP contribution in [0.15, 0.2) is 12.2 Å². The number of ether oxygens (including phenoxy) is 1. The molecule has 1 N–H and O–H groups in total. The average Bonchev–Trinajstić information content (AvgIpc) is 3.01. The van der Waals surface area contributed by atoms with Crippen LogP contribution in [-0.2, 0) is 14.3 Å². The third-order valence-corrected chi connectivity index (χ3v) is 9.01. The highest BCUT2D eigenvalue weighted by Gasteiger charge is 2.21. The second kappa shape index (κ2) is 36.2. The Morgan fingerprint density at radius 1 is 0.477 bits per heavy atom. The molecule has 260 valence electrons. The summed E-state index contributed by atoms with van der Waals surface area (Å²) in [6.45, 7) is 4.54. The quantitative estimate of drug-likeness (QED) is 0.0430. The fourth-order valence-electron chi connectivity index (χ4n) is 6.02. The van der Waals surface area contributed by atoms with Gasteiger partial charge in [-0.2, -0.15) is 0 Å². The van der Waals surface area contributed by atoms with Gasteiger partial charge in [0.1, 0.15) is 0 Å². The van der Waals surface area contributed by atoms with E-state index in [1.54, 1.807) is 0 Å². The van der Waals surface area contributed by atoms with E-state index < -0.39 is 12.1 Å². The lowest BCUT2D eigenvalue weighted by molar-refractivity contribution is -0.164. The zero-order valence-electron chi connectivity index (χ0n) is 29.7. The molecule has 0 aromatic heterocycles. The third-order valence-electron chi connectivity index (χ3n) is 9.01. The van der Waals surface area contributed by atoms with Crippen LogP contribution in [0.2, 0.25) is 0 Å². The van der Waals surface area contributed by atoms with Gasteiger partial charge in [0.15, 0.2) is 6.10 Å². The zero-order chi connectivity index (χ0) is 32.2. The Bertz CT molecular complexity index is 629. The largest absolute Gasteiger partial charge is 0.479 e. The van der Waals surface area contributed by atoms with Crippen LogP contribution in [0.4, 0.5) is 0 Å². The summed E-state index contributed by atoms with van der Waals surface area (Å²) in [5.74, 6) is -1.35. The number of aliphatic carboxylic acids is 1. The van der Waals surface area contributed by atoms with E-state index in [0.29, 0.717) is 12.8 Å². The van der Waals surface area contributed by atoms with Crippen molar-refractivity contribution in [2.75, 3.05) is 0 Å². The van der Waals surface area contributed by atoms with Crippen molar-refractivity contribution in [2.45, 2.75) is 232 Å². The highest BCUT2D eigenvalue weighted by Crippen LogP contribution is 2.16. The van der Waals surface area contributed by atoms with Crippen LogP contribution in [0.1, 0.15) is 226 Å². The summed E-state index contributed by atoms with van der Waals surface area (Å²) in [4.78, 5) is 23.8. The van der Waals surface area contributed by atoms with Gasteiger partial charge in [0.05, 0.1) is 0 Å². The molecule has 0 amide bonds. The lowest BCUT2D eigenvalue weighted by Crippen LogP contribution is -2.27. The van der Waals surface area contributed by atoms with E-state index in [-0.39, 0.29) is 5.97 Å². The highest BCUT2D eigenvalue weighted by molar-refractivity contribution is 5.77. The van der Waals surface area contributed by atoms with Gasteiger partial charge in [-0.1, -0.05) is 187 Å². The molecule has 0 aliphatic rings. The normalized spacial score (nSPS) is 12.2. The fourth-order valence-corrected chi connectivity index (χ4v) is 6.02. The van der Waals surface area contributed by atoms with Gasteiger partial charge in [-0.3, -0.25) is 4.79 Å². The van der Waals surface area contributed by atoms with Crippen LogP contribution in [-0.4, -0.2) is 23.1 Å². The number of unbranched alkanes of at least 4 members (excludes halogenated alkanes) is 28. The first kappa shape index (κ1) is 42.7. The second-order valence-corrected chi connectivity index (χ2v) is 13.5. The molecule has 0 spiro atoms. The maximum absolute atomic E-state index is 12.2. The summed E-state index contributed by atoms with van der Waals surface area (Å²) in [7, 11) is 0. The Hall–Kier alpha value is -1.32. The molecule has 0 aromatic carbocycles. The van der Waals surface area contributed by atoms with Crippen LogP contribution >= 0.6 is 0 Å². The number of carboxylic acid groups (broad SMARTS) is 1. The van der Waals surface area contributed by atoms with Crippen molar-refractivity contribution in [3.05, 3.63) is 12.2 Å². The molecule has 0 saturated carbocycles. The SMILES string of the molecule is CCCCCCCC/C=C\CCCCCCCCCCCC(=O)OC(CCCCCCCCCCCCCCCC)C(=O)O. The summed E-state index contributed by atoms with van der Waals surface area (Å²) < 4.78 is 5.32. The Morgan fingerprint density at radius 2 is 0.795 bits per heavy atom. The minimum absolute atomic E-state index is 0.342. The number of hydrogen-bond donors (Lipinski definition) is 1. The molecule has 0 aliphatic heterocycles. The molecule has 0 saturated heterocycles. The first-order valence-corrected chi connectivity index (χ1v) is 19.7. The first-order chi connectivity index (χ1) is 21.6. The van der Waals surface area contributed by atoms with Crippen molar-refractivity contribution in [2.24, 2.45) is 0 Å². The standard InChI is InChI=1S/C40H76O4/c1-3-5-7-9-11-13-15-17-19-20-21-22-23-25-27-29-31-33-35-37-39(41)44-38(40(42)43)36-34-32-30-28-26-24-18-16-14-12-10-8-6-4-2/h17,19,38H,3-16,18,20-37H2,1-2H3,(H,42,43)/b19-17-. The minimum Gasteiger partial charge on any atom is -0.479 e. The molecule has 0 radical (unpaired) electrons. The number of carboxylic acids is 1. The fraction of sp³-hybridized carbons (Fsp3) is 0.900. The number of carbonyl (C=O) groups is 2. The molecule has 0 fully saturated rings. The van der Waals surface area contributed by atoms with Crippen molar-refractivity contribution in [3.8, 4) is 0 Å². The van der Waals surface area contributed by atoms with Crippen LogP contribution in [0, 0.1) is 0 Å². The topological polar surface area (TPSA) is 63.6 Å². The van der Waals surface area contributed by atoms with Crippen LogP contribution < -0.4 is 0 Å². The number of esters is 1. The summed E-state index contributed by atoms with van der Waals surface area (Å²) >= 11 is 0. The molecular formula is C40H76O4. The van der Waals surface area contributed by atoms with Gasteiger partial charge in [-0.15, -0.1) is 0 Å². The number of hydrogen-bond acceptors (Lipinski definition) is 3. The molecule has 0 aromatic rings. The van der Waals surface area contributed by atoms with E-state index in [4.69, 9.17) is 4.74 Å². The molecule has 44 heavy (non-hydrogen) atoms. The summed E-state index contributed by atoms with van der Waals surface area (Å²) in [6.07, 6.45) is 43.9. The van der Waals surface area contributed by atoms with E-state index in [1.165, 1.54) is 161 Å². The van der Waals surface area contributed by atoms with E-state index in [1.807, 2.05) is 0 Å². The van der Waals surface area contributed by atoms with Gasteiger partial charge < -0.3 is 9.84 Å². The zero-order valence-corrected chi connectivity index (χ0v) is 29.7. The predicted octanol–water partition coefficient (Wildman–Crippen LogP) is 13.5. The molecule has 0 rings (SSSR count). The molecule has 0 heterocycles. The molecular weight excluding hydrogens is 544 g/mol. The lowest BCUT2D eigenvalue weighted by atomic mass is 10.0. The Morgan fingerprint density at radius 3 is 1.16 bits per heavy atom. The molecule has 1 unspecified atom stereocenters. The Balaban J connectivity index is 3.51. The molecule has 4 heteroatoms. The monoisotopic (exact) mass is 621 g/mol. The van der Waals surface area contributed by atoms with Gasteiger partial charge in [0.25, 0.3) is 0 Å². The minimum atomic E-state index is -1.00. The average molecular weight is 621 g/mol. The third kappa shape index (κ3) is 33.6. The van der Waals surface area contributed by atoms with Gasteiger partial charge in [-0.25, -0.2) is 4.79 Å². The van der Waals surface area contributed by atoms with E-state index in [0.717, 1.165) is 38.5 Å². The van der Waals surface area contributed by atoms with E-state index >= 15 is 0 Å². The molecule has 1 atom stereocenters. The smallest absolute Gasteiger partial charge is 0.345 e. The van der Waals surface area contributed by atoms with Gasteiger partial charge >= 0.3 is 11.9 Å². The van der Waals surface area contributed by atoms with E-state index in [9.17, 15) is 14.7 Å². The van der Waals surface area contributed by atoms with Crippen LogP contribution in [0.5, 0.6) is 0 Å². The summed E-state index contributed by atoms with van der Waals surface area (Å²) in [5.41, 5.74) is 0. The highest BCUT2D eigenvalue weighted by atomic mass is 16.6. The molecule has 0 bridgehead atoms. The molecule has 4 nitrogen and oxygen atoms in total. The lowest BCUT2D eigenvalue weighted by Gasteiger charge is -2.13. The predicted molar refractivity (Wildman–Crippen MR) is 190 cm³/mol. The van der Waals surface area contributed by atoms with Crippen molar-refractivity contribution in [3.63, 3.8) is 0 Å². The number of carbonyl (C=O) groups excluding carboxylic acids is 1. The summed E-state index contributed by atoms with van der Waals surface area (Å²) in [5, 5.41) is 9.48. The maximum Gasteiger partial charge on any atom is 0.345 e. The van der Waals surface area contributed by atoms with Crippen molar-refractivity contribution in [1.82, 2.24) is 0 Å². The summed E-state index contributed by atoms with van der Waals surface area (Å²) in [6, 6.07) is 0. The van der Waals surface area contributed by atoms with Gasteiger partial charge in [0, 0.05) is 6.42 Å². The van der Waals surface area contributed by atoms with Crippen molar-refractivity contribution in [1.29, 1.82) is 0 Å². The Labute approximate surface area is 275 Å². The maximum atomic E-state index is 12.2. The van der Waals surface area contributed by atoms with Crippen molar-refractivity contribution < 1.29 is 19.4 Å². The first-order valence-electron chi connectivity index (χ1n) is 19.7. The van der Waals surface area contributed by atoms with Gasteiger partial charge in [0.2, 0.25) is 0 Å². The Kier molecular flexibility index (Phi) is 35.1. The number of rotatable bonds is 36. The van der Waals surface area contributed by atoms with Crippen LogP contribution in [0.25, 0.3) is 0 Å². The number of allylic oxidation sites excluding steroid dienone is 2. The van der Waals surface area contributed by atoms with E-state index in [2.05, 4.69) is 26.0 Å². The molecule has 0 aliphatic carbocycles. The second-order valence-electron chi connectivity index (χ2n) is 13.5. The van der Waals surface area contributed by atoms with Gasteiger partial charge in [-0.05, 0) is 44.9 Å².